The lowest BCUT2D eigenvalue weighted by Gasteiger charge is -2.23. The summed E-state index contributed by atoms with van der Waals surface area (Å²) in [5.74, 6) is -0.245. The SMILES string of the molecule is Cc1cc(O)cc(C(=O)NC(C)(C)CO)c1. The normalized spacial score (nSPS) is 11.2. The molecule has 0 bridgehead atoms. The van der Waals surface area contributed by atoms with Crippen molar-refractivity contribution in [1.82, 2.24) is 5.32 Å². The van der Waals surface area contributed by atoms with Crippen LogP contribution in [0.3, 0.4) is 0 Å². The number of aliphatic hydroxyl groups is 1. The molecule has 0 radical (unpaired) electrons. The maximum Gasteiger partial charge on any atom is 0.251 e. The number of aryl methyl sites for hydroxylation is 1. The Balaban J connectivity index is 2.89. The van der Waals surface area contributed by atoms with Gasteiger partial charge in [0, 0.05) is 5.56 Å². The van der Waals surface area contributed by atoms with Crippen LogP contribution in [-0.2, 0) is 0 Å². The van der Waals surface area contributed by atoms with Gasteiger partial charge in [0.1, 0.15) is 5.75 Å². The average Bonchev–Trinajstić information content (AvgIpc) is 2.15. The number of nitrogens with one attached hydrogen (secondary N) is 1. The van der Waals surface area contributed by atoms with E-state index in [0.29, 0.717) is 5.56 Å². The summed E-state index contributed by atoms with van der Waals surface area (Å²) in [6.45, 7) is 5.10. The lowest BCUT2D eigenvalue weighted by atomic mass is 10.1. The summed E-state index contributed by atoms with van der Waals surface area (Å²) in [4.78, 5) is 11.8. The van der Waals surface area contributed by atoms with Crippen molar-refractivity contribution in [2.75, 3.05) is 6.61 Å². The molecule has 0 aromatic heterocycles. The Labute approximate surface area is 94.9 Å². The van der Waals surface area contributed by atoms with E-state index in [9.17, 15) is 9.90 Å². The number of carbonyl (C=O) groups excluding carboxylic acids is 1. The van der Waals surface area contributed by atoms with Crippen LogP contribution in [0.5, 0.6) is 5.75 Å². The second-order valence-electron chi connectivity index (χ2n) is 4.55. The van der Waals surface area contributed by atoms with Crippen molar-refractivity contribution in [2.24, 2.45) is 0 Å². The van der Waals surface area contributed by atoms with Crippen molar-refractivity contribution in [2.45, 2.75) is 26.3 Å². The Morgan fingerprint density at radius 3 is 2.50 bits per heavy atom. The molecule has 4 nitrogen and oxygen atoms in total. The first-order chi connectivity index (χ1) is 7.34. The number of aromatic hydroxyl groups is 1. The van der Waals surface area contributed by atoms with Crippen LogP contribution in [0, 0.1) is 6.92 Å². The molecular weight excluding hydrogens is 206 g/mol. The molecule has 0 atom stereocenters. The summed E-state index contributed by atoms with van der Waals surface area (Å²) in [7, 11) is 0. The Bertz CT molecular complexity index is 379. The van der Waals surface area contributed by atoms with Gasteiger partial charge in [0.2, 0.25) is 0 Å². The van der Waals surface area contributed by atoms with E-state index in [0.717, 1.165) is 5.56 Å². The van der Waals surface area contributed by atoms with Gasteiger partial charge in [-0.3, -0.25) is 4.79 Å². The summed E-state index contributed by atoms with van der Waals surface area (Å²) < 4.78 is 0. The molecule has 1 amide bonds. The van der Waals surface area contributed by atoms with Crippen LogP contribution in [0.4, 0.5) is 0 Å². The van der Waals surface area contributed by atoms with Gasteiger partial charge in [-0.25, -0.2) is 0 Å². The predicted molar refractivity (Wildman–Crippen MR) is 61.5 cm³/mol. The van der Waals surface area contributed by atoms with E-state index in [4.69, 9.17) is 5.11 Å². The first-order valence-electron chi connectivity index (χ1n) is 5.08. The zero-order valence-corrected chi connectivity index (χ0v) is 9.74. The van der Waals surface area contributed by atoms with E-state index in [1.165, 1.54) is 6.07 Å². The molecule has 0 aliphatic carbocycles. The van der Waals surface area contributed by atoms with Crippen LogP contribution in [0.1, 0.15) is 29.8 Å². The minimum Gasteiger partial charge on any atom is -0.508 e. The first-order valence-corrected chi connectivity index (χ1v) is 5.08. The van der Waals surface area contributed by atoms with E-state index in [-0.39, 0.29) is 18.3 Å². The number of phenols is 1. The van der Waals surface area contributed by atoms with Gasteiger partial charge in [-0.1, -0.05) is 0 Å². The van der Waals surface area contributed by atoms with Crippen molar-refractivity contribution in [3.63, 3.8) is 0 Å². The summed E-state index contributed by atoms with van der Waals surface area (Å²) in [5.41, 5.74) is 0.530. The molecule has 88 valence electrons. The molecular formula is C12H17NO3. The van der Waals surface area contributed by atoms with Crippen molar-refractivity contribution in [3.8, 4) is 5.75 Å². The van der Waals surface area contributed by atoms with Crippen LogP contribution >= 0.6 is 0 Å². The minimum atomic E-state index is -0.670. The number of hydrogen-bond donors (Lipinski definition) is 3. The summed E-state index contributed by atoms with van der Waals surface area (Å²) in [6.07, 6.45) is 0. The number of benzene rings is 1. The highest BCUT2D eigenvalue weighted by Gasteiger charge is 2.20. The smallest absolute Gasteiger partial charge is 0.251 e. The second-order valence-corrected chi connectivity index (χ2v) is 4.55. The first kappa shape index (κ1) is 12.5. The van der Waals surface area contributed by atoms with Gasteiger partial charge in [0.05, 0.1) is 12.1 Å². The third kappa shape index (κ3) is 3.24. The Morgan fingerprint density at radius 2 is 2.00 bits per heavy atom. The Morgan fingerprint density at radius 1 is 1.38 bits per heavy atom. The lowest BCUT2D eigenvalue weighted by Crippen LogP contribution is -2.46. The van der Waals surface area contributed by atoms with Crippen LogP contribution in [0.15, 0.2) is 18.2 Å². The number of hydrogen-bond acceptors (Lipinski definition) is 3. The number of rotatable bonds is 3. The molecule has 0 aliphatic heterocycles. The van der Waals surface area contributed by atoms with E-state index in [1.807, 2.05) is 0 Å². The molecule has 0 heterocycles. The molecule has 1 aromatic carbocycles. The minimum absolute atomic E-state index is 0.0620. The van der Waals surface area contributed by atoms with Crippen molar-refractivity contribution < 1.29 is 15.0 Å². The van der Waals surface area contributed by atoms with Gasteiger partial charge in [0.25, 0.3) is 5.91 Å². The monoisotopic (exact) mass is 223 g/mol. The maximum absolute atomic E-state index is 11.8. The van der Waals surface area contributed by atoms with Crippen molar-refractivity contribution in [1.29, 1.82) is 0 Å². The van der Waals surface area contributed by atoms with Crippen molar-refractivity contribution >= 4 is 5.91 Å². The quantitative estimate of drug-likeness (QED) is 0.721. The fourth-order valence-electron chi connectivity index (χ4n) is 1.31. The molecule has 3 N–H and O–H groups in total. The number of carbonyl (C=O) groups is 1. The number of amides is 1. The molecule has 1 aromatic rings. The fourth-order valence-corrected chi connectivity index (χ4v) is 1.31. The summed E-state index contributed by atoms with van der Waals surface area (Å²) in [6, 6.07) is 4.66. The largest absolute Gasteiger partial charge is 0.508 e. The van der Waals surface area contributed by atoms with Gasteiger partial charge in [-0.15, -0.1) is 0 Å². The molecule has 0 aliphatic rings. The third-order valence-corrected chi connectivity index (χ3v) is 2.17. The predicted octanol–water partition coefficient (Wildman–Crippen LogP) is 1.20. The zero-order valence-electron chi connectivity index (χ0n) is 9.74. The number of aliphatic hydroxyl groups excluding tert-OH is 1. The standard InChI is InChI=1S/C12H17NO3/c1-8-4-9(6-10(15)5-8)11(16)13-12(2,3)7-14/h4-6,14-15H,7H2,1-3H3,(H,13,16). The topological polar surface area (TPSA) is 69.6 Å². The fraction of sp³-hybridized carbons (Fsp3) is 0.417. The molecule has 1 rings (SSSR count). The average molecular weight is 223 g/mol. The van der Waals surface area contributed by atoms with Gasteiger partial charge in [-0.05, 0) is 44.5 Å². The van der Waals surface area contributed by atoms with E-state index in [2.05, 4.69) is 5.32 Å². The maximum atomic E-state index is 11.8. The van der Waals surface area contributed by atoms with Crippen molar-refractivity contribution in [3.05, 3.63) is 29.3 Å². The molecule has 0 unspecified atom stereocenters. The Kier molecular flexibility index (Phi) is 3.55. The molecule has 0 saturated heterocycles. The van der Waals surface area contributed by atoms with Gasteiger partial charge in [0.15, 0.2) is 0 Å². The van der Waals surface area contributed by atoms with Crippen LogP contribution < -0.4 is 5.32 Å². The van der Waals surface area contributed by atoms with E-state index >= 15 is 0 Å². The Hall–Kier alpha value is -1.55. The van der Waals surface area contributed by atoms with Crippen LogP contribution in [0.2, 0.25) is 0 Å². The molecule has 16 heavy (non-hydrogen) atoms. The molecule has 0 saturated carbocycles. The highest BCUT2D eigenvalue weighted by molar-refractivity contribution is 5.95. The summed E-state index contributed by atoms with van der Waals surface area (Å²) >= 11 is 0. The zero-order chi connectivity index (χ0) is 12.3. The highest BCUT2D eigenvalue weighted by atomic mass is 16.3. The van der Waals surface area contributed by atoms with Crippen LogP contribution in [0.25, 0.3) is 0 Å². The van der Waals surface area contributed by atoms with E-state index in [1.54, 1.807) is 32.9 Å². The van der Waals surface area contributed by atoms with Crippen LogP contribution in [-0.4, -0.2) is 28.3 Å². The highest BCUT2D eigenvalue weighted by Crippen LogP contribution is 2.15. The summed E-state index contributed by atoms with van der Waals surface area (Å²) in [5, 5.41) is 21.1. The van der Waals surface area contributed by atoms with Gasteiger partial charge >= 0.3 is 0 Å². The molecule has 4 heteroatoms. The second kappa shape index (κ2) is 4.53. The molecule has 0 spiro atoms. The lowest BCUT2D eigenvalue weighted by molar-refractivity contribution is 0.0869. The van der Waals surface area contributed by atoms with E-state index < -0.39 is 5.54 Å². The third-order valence-electron chi connectivity index (χ3n) is 2.17. The molecule has 0 fully saturated rings. The number of phenolic OH excluding ortho intramolecular Hbond substituents is 1. The van der Waals surface area contributed by atoms with Gasteiger partial charge < -0.3 is 15.5 Å². The van der Waals surface area contributed by atoms with Gasteiger partial charge in [-0.2, -0.15) is 0 Å².